The van der Waals surface area contributed by atoms with Gasteiger partial charge in [0.2, 0.25) is 0 Å². The maximum atomic E-state index is 6.58. The second kappa shape index (κ2) is 7.00. The third-order valence-electron chi connectivity index (χ3n) is 6.55. The van der Waals surface area contributed by atoms with Crippen molar-refractivity contribution in [1.82, 2.24) is 5.32 Å². The average Bonchev–Trinajstić information content (AvgIpc) is 3.12. The lowest BCUT2D eigenvalue weighted by atomic mass is 9.74. The van der Waals surface area contributed by atoms with Crippen LogP contribution in [0.25, 0.3) is 0 Å². The van der Waals surface area contributed by atoms with E-state index in [0.717, 1.165) is 24.4 Å². The predicted molar refractivity (Wildman–Crippen MR) is 88.5 cm³/mol. The van der Waals surface area contributed by atoms with E-state index in [0.29, 0.717) is 11.7 Å². The van der Waals surface area contributed by atoms with Crippen LogP contribution in [0.15, 0.2) is 0 Å². The van der Waals surface area contributed by atoms with E-state index < -0.39 is 0 Å². The minimum atomic E-state index is 0.317. The normalized spacial score (nSPS) is 39.1. The molecule has 2 saturated carbocycles. The van der Waals surface area contributed by atoms with E-state index in [1.165, 1.54) is 70.6 Å². The third-order valence-corrected chi connectivity index (χ3v) is 6.55. The monoisotopic (exact) mass is 293 g/mol. The summed E-state index contributed by atoms with van der Waals surface area (Å²) < 4.78 is 6.58. The van der Waals surface area contributed by atoms with Gasteiger partial charge in [0.15, 0.2) is 0 Å². The van der Waals surface area contributed by atoms with Crippen LogP contribution in [0, 0.1) is 11.8 Å². The SMILES string of the molecule is CCNC1CCC(CC)CC1CC1CCC2(CCCC2)O1. The first-order valence-corrected chi connectivity index (χ1v) is 9.66. The Hall–Kier alpha value is -0.0800. The summed E-state index contributed by atoms with van der Waals surface area (Å²) in [4.78, 5) is 0. The molecule has 4 atom stereocenters. The standard InChI is InChI=1S/C19H35NO/c1-3-15-7-8-18(20-4-2)16(13-15)14-17-9-12-19(21-17)10-5-6-11-19/h15-18,20H,3-14H2,1-2H3. The summed E-state index contributed by atoms with van der Waals surface area (Å²) in [6, 6.07) is 0.751. The topological polar surface area (TPSA) is 21.3 Å². The zero-order chi connectivity index (χ0) is 14.7. The Balaban J connectivity index is 1.56. The molecule has 1 aliphatic heterocycles. The number of nitrogens with one attached hydrogen (secondary N) is 1. The lowest BCUT2D eigenvalue weighted by Gasteiger charge is -2.38. The van der Waals surface area contributed by atoms with Crippen LogP contribution in [0.1, 0.15) is 84.5 Å². The molecular weight excluding hydrogens is 258 g/mol. The van der Waals surface area contributed by atoms with Crippen LogP contribution < -0.4 is 5.32 Å². The molecule has 0 radical (unpaired) electrons. The summed E-state index contributed by atoms with van der Waals surface area (Å²) >= 11 is 0. The minimum Gasteiger partial charge on any atom is -0.372 e. The summed E-state index contributed by atoms with van der Waals surface area (Å²) in [5.74, 6) is 1.82. The zero-order valence-electron chi connectivity index (χ0n) is 14.2. The molecule has 0 amide bonds. The largest absolute Gasteiger partial charge is 0.372 e. The molecule has 1 heterocycles. The van der Waals surface area contributed by atoms with E-state index >= 15 is 0 Å². The van der Waals surface area contributed by atoms with Crippen molar-refractivity contribution in [3.63, 3.8) is 0 Å². The lowest BCUT2D eigenvalue weighted by Crippen LogP contribution is -2.42. The van der Waals surface area contributed by atoms with Gasteiger partial charge in [0.1, 0.15) is 0 Å². The molecule has 3 aliphatic rings. The van der Waals surface area contributed by atoms with Crippen LogP contribution >= 0.6 is 0 Å². The van der Waals surface area contributed by atoms with Gasteiger partial charge in [-0.15, -0.1) is 0 Å². The van der Waals surface area contributed by atoms with Crippen molar-refractivity contribution in [2.45, 2.75) is 102 Å². The first-order valence-electron chi connectivity index (χ1n) is 9.66. The summed E-state index contributed by atoms with van der Waals surface area (Å²) in [5, 5.41) is 3.76. The van der Waals surface area contributed by atoms with Crippen molar-refractivity contribution in [3.8, 4) is 0 Å². The maximum absolute atomic E-state index is 6.58. The van der Waals surface area contributed by atoms with Crippen LogP contribution in [0.3, 0.4) is 0 Å². The van der Waals surface area contributed by atoms with Crippen LogP contribution in [-0.2, 0) is 4.74 Å². The van der Waals surface area contributed by atoms with Crippen molar-refractivity contribution >= 4 is 0 Å². The highest BCUT2D eigenvalue weighted by Crippen LogP contribution is 2.45. The van der Waals surface area contributed by atoms with Gasteiger partial charge in [-0.05, 0) is 69.7 Å². The molecule has 21 heavy (non-hydrogen) atoms. The molecule has 1 spiro atoms. The molecular formula is C19H35NO. The van der Waals surface area contributed by atoms with E-state index in [1.54, 1.807) is 0 Å². The summed E-state index contributed by atoms with van der Waals surface area (Å²) in [6.07, 6.45) is 15.6. The quantitative estimate of drug-likeness (QED) is 0.795. The Labute approximate surface area is 131 Å². The van der Waals surface area contributed by atoms with E-state index in [1.807, 2.05) is 0 Å². The molecule has 0 bridgehead atoms. The van der Waals surface area contributed by atoms with Crippen molar-refractivity contribution in [3.05, 3.63) is 0 Å². The summed E-state index contributed by atoms with van der Waals surface area (Å²) in [6.45, 7) is 5.74. The van der Waals surface area contributed by atoms with Crippen LogP contribution in [0.2, 0.25) is 0 Å². The second-order valence-corrected chi connectivity index (χ2v) is 7.92. The lowest BCUT2D eigenvalue weighted by molar-refractivity contribution is -0.0489. The van der Waals surface area contributed by atoms with Crippen molar-refractivity contribution in [1.29, 1.82) is 0 Å². The molecule has 0 aromatic carbocycles. The Bertz CT molecular complexity index is 324. The number of hydrogen-bond donors (Lipinski definition) is 1. The Morgan fingerprint density at radius 1 is 1.05 bits per heavy atom. The molecule has 4 unspecified atom stereocenters. The molecule has 2 heteroatoms. The fourth-order valence-electron chi connectivity index (χ4n) is 5.31. The fraction of sp³-hybridized carbons (Fsp3) is 1.00. The van der Waals surface area contributed by atoms with Gasteiger partial charge in [-0.2, -0.15) is 0 Å². The number of hydrogen-bond acceptors (Lipinski definition) is 2. The Morgan fingerprint density at radius 2 is 1.86 bits per heavy atom. The van der Waals surface area contributed by atoms with Gasteiger partial charge in [-0.3, -0.25) is 0 Å². The van der Waals surface area contributed by atoms with Crippen molar-refractivity contribution in [2.24, 2.45) is 11.8 Å². The van der Waals surface area contributed by atoms with E-state index in [9.17, 15) is 0 Å². The Kier molecular flexibility index (Phi) is 5.27. The molecule has 3 rings (SSSR count). The Morgan fingerprint density at radius 3 is 2.57 bits per heavy atom. The van der Waals surface area contributed by atoms with Gasteiger partial charge in [0.05, 0.1) is 11.7 Å². The molecule has 0 aromatic rings. The van der Waals surface area contributed by atoms with Gasteiger partial charge in [0, 0.05) is 6.04 Å². The van der Waals surface area contributed by atoms with E-state index in [-0.39, 0.29) is 0 Å². The molecule has 122 valence electrons. The maximum Gasteiger partial charge on any atom is 0.0687 e. The first kappa shape index (κ1) is 15.8. The van der Waals surface area contributed by atoms with Gasteiger partial charge in [-0.25, -0.2) is 0 Å². The first-order chi connectivity index (χ1) is 10.2. The van der Waals surface area contributed by atoms with E-state index in [2.05, 4.69) is 19.2 Å². The third kappa shape index (κ3) is 3.64. The van der Waals surface area contributed by atoms with Gasteiger partial charge in [-0.1, -0.05) is 33.1 Å². The average molecular weight is 293 g/mol. The van der Waals surface area contributed by atoms with Crippen molar-refractivity contribution < 1.29 is 4.74 Å². The second-order valence-electron chi connectivity index (χ2n) is 7.92. The fourth-order valence-corrected chi connectivity index (χ4v) is 5.31. The van der Waals surface area contributed by atoms with Crippen LogP contribution in [-0.4, -0.2) is 24.3 Å². The minimum absolute atomic E-state index is 0.317. The highest BCUT2D eigenvalue weighted by Gasteiger charge is 2.43. The predicted octanol–water partition coefficient (Wildman–Crippen LogP) is 4.67. The van der Waals surface area contributed by atoms with E-state index in [4.69, 9.17) is 4.74 Å². The number of rotatable bonds is 5. The highest BCUT2D eigenvalue weighted by molar-refractivity contribution is 4.95. The molecule has 1 N–H and O–H groups in total. The smallest absolute Gasteiger partial charge is 0.0687 e. The van der Waals surface area contributed by atoms with Gasteiger partial charge in [0.25, 0.3) is 0 Å². The molecule has 0 aromatic heterocycles. The molecule has 2 aliphatic carbocycles. The molecule has 3 fully saturated rings. The van der Waals surface area contributed by atoms with Crippen LogP contribution in [0.4, 0.5) is 0 Å². The van der Waals surface area contributed by atoms with Crippen molar-refractivity contribution in [2.75, 3.05) is 6.54 Å². The van der Waals surface area contributed by atoms with Gasteiger partial charge < -0.3 is 10.1 Å². The number of ether oxygens (including phenoxy) is 1. The highest BCUT2D eigenvalue weighted by atomic mass is 16.5. The zero-order valence-corrected chi connectivity index (χ0v) is 14.2. The van der Waals surface area contributed by atoms with Crippen LogP contribution in [0.5, 0.6) is 0 Å². The molecule has 2 nitrogen and oxygen atoms in total. The van der Waals surface area contributed by atoms with Gasteiger partial charge >= 0.3 is 0 Å². The molecule has 1 saturated heterocycles. The summed E-state index contributed by atoms with van der Waals surface area (Å²) in [7, 11) is 0. The summed E-state index contributed by atoms with van der Waals surface area (Å²) in [5.41, 5.74) is 0.317.